The molecule has 2 N–H and O–H groups in total. The number of amides is 3. The fourth-order valence-electron chi connectivity index (χ4n) is 7.02. The normalized spacial score (nSPS) is 31.5. The van der Waals surface area contributed by atoms with Crippen LogP contribution in [0.4, 0.5) is 5.69 Å². The van der Waals surface area contributed by atoms with Crippen LogP contribution in [0.2, 0.25) is 5.02 Å². The van der Waals surface area contributed by atoms with Crippen LogP contribution in [0.1, 0.15) is 25.3 Å². The number of anilines is 1. The monoisotopic (exact) mass is 633 g/mol. The number of carbonyl (C=O) groups excluding carboxylic acids is 4. The summed E-state index contributed by atoms with van der Waals surface area (Å²) in [4.78, 5) is 58.5. The Morgan fingerprint density at radius 1 is 1.04 bits per heavy atom. The number of carbonyl (C=O) groups is 4. The molecule has 0 aliphatic carbocycles. The molecule has 4 aliphatic rings. The molecular weight excluding hydrogens is 598 g/mol. The second kappa shape index (κ2) is 12.8. The van der Waals surface area contributed by atoms with Gasteiger partial charge in [0.25, 0.3) is 5.91 Å². The molecule has 3 amide bonds. The molecule has 1 spiro atoms. The van der Waals surface area contributed by atoms with Crippen molar-refractivity contribution in [3.05, 3.63) is 89.5 Å². The Kier molecular flexibility index (Phi) is 8.81. The number of nitrogens with one attached hydrogen (secondary N) is 1. The number of para-hydroxylation sites is 1. The van der Waals surface area contributed by atoms with Crippen LogP contribution in [-0.4, -0.2) is 83.3 Å². The van der Waals surface area contributed by atoms with Crippen LogP contribution in [0.25, 0.3) is 0 Å². The topological polar surface area (TPSA) is 125 Å². The number of hydrogen-bond acceptors (Lipinski definition) is 7. The zero-order chi connectivity index (χ0) is 31.7. The number of hydrogen-bond donors (Lipinski definition) is 2. The Bertz CT molecular complexity index is 1530. The first-order chi connectivity index (χ1) is 21.7. The number of ether oxygens (including phenoxy) is 2. The minimum absolute atomic E-state index is 0.125. The Morgan fingerprint density at radius 3 is 2.56 bits per heavy atom. The smallest absolute Gasteiger partial charge is 0.313 e. The highest BCUT2D eigenvalue weighted by Crippen LogP contribution is 2.54. The summed E-state index contributed by atoms with van der Waals surface area (Å²) >= 11 is 6.56. The van der Waals surface area contributed by atoms with Crippen LogP contribution in [0, 0.1) is 11.8 Å². The Balaban J connectivity index is 1.47. The quantitative estimate of drug-likeness (QED) is 0.383. The maximum absolute atomic E-state index is 14.7. The maximum atomic E-state index is 14.7. The molecule has 2 aromatic carbocycles. The fourth-order valence-corrected chi connectivity index (χ4v) is 7.26. The van der Waals surface area contributed by atoms with Crippen LogP contribution in [0.3, 0.4) is 0 Å². The fraction of sp³-hybridized carbons (Fsp3) is 0.412. The van der Waals surface area contributed by atoms with Gasteiger partial charge in [0.15, 0.2) is 0 Å². The largest absolute Gasteiger partial charge is 0.460 e. The number of nitrogens with zero attached hydrogens (tertiary/aromatic N) is 2. The van der Waals surface area contributed by atoms with Gasteiger partial charge in [0.1, 0.15) is 23.7 Å². The van der Waals surface area contributed by atoms with Gasteiger partial charge < -0.3 is 29.7 Å². The molecule has 7 atom stereocenters. The number of cyclic esters (lactones) is 1. The lowest BCUT2D eigenvalue weighted by atomic mass is 9.78. The molecule has 236 valence electrons. The van der Waals surface area contributed by atoms with Gasteiger partial charge in [-0.2, -0.15) is 0 Å². The number of halogens is 1. The predicted molar refractivity (Wildman–Crippen MR) is 166 cm³/mol. The third kappa shape index (κ3) is 5.67. The summed E-state index contributed by atoms with van der Waals surface area (Å²) in [5.74, 6) is -3.91. The van der Waals surface area contributed by atoms with E-state index in [1.165, 1.54) is 9.80 Å². The number of benzene rings is 2. The number of esters is 1. The zero-order valence-electron chi connectivity index (χ0n) is 24.9. The van der Waals surface area contributed by atoms with E-state index in [4.69, 9.17) is 21.1 Å². The number of aliphatic hydroxyl groups excluding tert-OH is 1. The molecule has 0 aromatic heterocycles. The van der Waals surface area contributed by atoms with Crippen LogP contribution >= 0.6 is 11.6 Å². The average Bonchev–Trinajstić information content (AvgIpc) is 3.42. The molecular formula is C34H36ClN3O7. The summed E-state index contributed by atoms with van der Waals surface area (Å²) in [5, 5.41) is 13.8. The van der Waals surface area contributed by atoms with E-state index in [0.29, 0.717) is 17.1 Å². The first-order valence-corrected chi connectivity index (χ1v) is 15.6. The van der Waals surface area contributed by atoms with Crippen LogP contribution < -0.4 is 10.2 Å². The van der Waals surface area contributed by atoms with Crippen molar-refractivity contribution in [2.24, 2.45) is 11.8 Å². The summed E-state index contributed by atoms with van der Waals surface area (Å²) in [7, 11) is 0. The van der Waals surface area contributed by atoms with Crippen molar-refractivity contribution < 1.29 is 33.8 Å². The zero-order valence-corrected chi connectivity index (χ0v) is 25.6. The first-order valence-electron chi connectivity index (χ1n) is 15.3. The van der Waals surface area contributed by atoms with E-state index in [1.807, 2.05) is 30.3 Å². The molecule has 4 aliphatic heterocycles. The molecule has 2 aromatic rings. The maximum Gasteiger partial charge on any atom is 0.313 e. The van der Waals surface area contributed by atoms with Gasteiger partial charge in [0.05, 0.1) is 41.9 Å². The summed E-state index contributed by atoms with van der Waals surface area (Å²) in [6, 6.07) is 14.4. The molecule has 45 heavy (non-hydrogen) atoms. The number of likely N-dealkylation sites (tertiary alicyclic amines) is 1. The number of fused-ring (bicyclic) bond motifs is 2. The van der Waals surface area contributed by atoms with Crippen molar-refractivity contribution in [3.8, 4) is 0 Å². The highest BCUT2D eigenvalue weighted by molar-refractivity contribution is 6.34. The number of allylic oxidation sites excluding steroid dienone is 1. The van der Waals surface area contributed by atoms with Gasteiger partial charge in [0, 0.05) is 13.0 Å². The van der Waals surface area contributed by atoms with Gasteiger partial charge in [-0.1, -0.05) is 78.4 Å². The first kappa shape index (κ1) is 31.0. The molecule has 2 fully saturated rings. The Morgan fingerprint density at radius 2 is 1.80 bits per heavy atom. The highest BCUT2D eigenvalue weighted by atomic mass is 35.5. The molecule has 2 saturated heterocycles. The van der Waals surface area contributed by atoms with Crippen LogP contribution in [0.5, 0.6) is 0 Å². The van der Waals surface area contributed by atoms with E-state index in [2.05, 4.69) is 5.32 Å². The average molecular weight is 634 g/mol. The molecule has 10 nitrogen and oxygen atoms in total. The van der Waals surface area contributed by atoms with Crippen molar-refractivity contribution >= 4 is 41.0 Å². The lowest BCUT2D eigenvalue weighted by molar-refractivity contribution is -0.159. The third-order valence-corrected chi connectivity index (χ3v) is 9.35. The van der Waals surface area contributed by atoms with Gasteiger partial charge >= 0.3 is 5.97 Å². The number of aliphatic hydroxyl groups is 1. The molecule has 11 heteroatoms. The van der Waals surface area contributed by atoms with Gasteiger partial charge in [-0.25, -0.2) is 0 Å². The van der Waals surface area contributed by atoms with Crippen molar-refractivity contribution in [1.82, 2.24) is 10.2 Å². The second-order valence-electron chi connectivity index (χ2n) is 11.9. The van der Waals surface area contributed by atoms with Gasteiger partial charge in [-0.05, 0) is 37.5 Å². The molecule has 0 radical (unpaired) electrons. The van der Waals surface area contributed by atoms with Crippen molar-refractivity contribution in [2.45, 2.75) is 56.1 Å². The van der Waals surface area contributed by atoms with Crippen molar-refractivity contribution in [2.75, 3.05) is 24.6 Å². The summed E-state index contributed by atoms with van der Waals surface area (Å²) in [6.45, 7) is 1.53. The summed E-state index contributed by atoms with van der Waals surface area (Å²) < 4.78 is 12.5. The van der Waals surface area contributed by atoms with E-state index >= 15 is 0 Å². The molecule has 0 saturated carbocycles. The minimum atomic E-state index is -1.54. The SMILES string of the molecule is C[C@@H]1CNC(=O)CC/C=C\[C@H]2O[C@]34C=CCN(c5ccccc5Cl)C(=O)[C@H]3N([C@@H](CO)Cc3ccccc3)C(=O)[C@@H]4[C@H]2C(=O)O1. The van der Waals surface area contributed by atoms with Gasteiger partial charge in [-0.3, -0.25) is 19.2 Å². The number of rotatable bonds is 5. The predicted octanol–water partition coefficient (Wildman–Crippen LogP) is 2.83. The van der Waals surface area contributed by atoms with E-state index in [0.717, 1.165) is 5.56 Å². The third-order valence-electron chi connectivity index (χ3n) is 9.03. The standard InChI is InChI=1S/C34H36ClN3O7/c1-21-19-36-27(40)15-8-7-14-26-28(33(43)44-21)29-31(41)38(23(20-39)18-22-10-3-2-4-11-22)30-32(42)37(17-9-16-34(29,30)45-26)25-13-6-5-12-24(25)35/h2-7,9-14,16,21,23,26,28-30,39H,8,15,17-20H2,1H3,(H,36,40)/b14-7-/t21-,23-,26-,28+,29+,30-,34+/m1/s1. The Labute approximate surface area is 266 Å². The lowest BCUT2D eigenvalue weighted by Crippen LogP contribution is -2.58. The Hall–Kier alpha value is -3.99. The summed E-state index contributed by atoms with van der Waals surface area (Å²) in [5.41, 5.74) is -0.192. The van der Waals surface area contributed by atoms with Crippen LogP contribution in [-0.2, 0) is 35.1 Å². The molecule has 6 rings (SSSR count). The molecule has 4 heterocycles. The summed E-state index contributed by atoms with van der Waals surface area (Å²) in [6.07, 6.45) is 6.32. The van der Waals surface area contributed by atoms with E-state index in [-0.39, 0.29) is 31.8 Å². The molecule has 0 unspecified atom stereocenters. The van der Waals surface area contributed by atoms with E-state index in [9.17, 15) is 24.3 Å². The lowest BCUT2D eigenvalue weighted by Gasteiger charge is -2.38. The van der Waals surface area contributed by atoms with E-state index < -0.39 is 66.1 Å². The van der Waals surface area contributed by atoms with Gasteiger partial charge in [-0.15, -0.1) is 0 Å². The van der Waals surface area contributed by atoms with E-state index in [1.54, 1.807) is 55.5 Å². The van der Waals surface area contributed by atoms with Gasteiger partial charge in [0.2, 0.25) is 11.8 Å². The van der Waals surface area contributed by atoms with Crippen molar-refractivity contribution in [1.29, 1.82) is 0 Å². The minimum Gasteiger partial charge on any atom is -0.460 e. The van der Waals surface area contributed by atoms with Crippen LogP contribution in [0.15, 0.2) is 78.9 Å². The van der Waals surface area contributed by atoms with Crippen molar-refractivity contribution in [3.63, 3.8) is 0 Å². The molecule has 0 bridgehead atoms. The highest BCUT2D eigenvalue weighted by Gasteiger charge is 2.72. The second-order valence-corrected chi connectivity index (χ2v) is 12.3.